The zero-order valence-electron chi connectivity index (χ0n) is 16.1. The third-order valence-electron chi connectivity index (χ3n) is 4.63. The summed E-state index contributed by atoms with van der Waals surface area (Å²) in [6.45, 7) is 3.42. The minimum atomic E-state index is -0.856. The largest absolute Gasteiger partial charge is 0.449 e. The highest BCUT2D eigenvalue weighted by molar-refractivity contribution is 7.98. The Labute approximate surface area is 168 Å². The molecular weight excluding hydrogens is 378 g/mol. The van der Waals surface area contributed by atoms with E-state index in [1.165, 1.54) is 18.2 Å². The molecule has 0 radical (unpaired) electrons. The average Bonchev–Trinajstić information content (AvgIpc) is 3.12. The van der Waals surface area contributed by atoms with Gasteiger partial charge in [-0.2, -0.15) is 0 Å². The molecule has 0 aliphatic heterocycles. The number of esters is 1. The molecule has 0 saturated heterocycles. The van der Waals surface area contributed by atoms with Crippen LogP contribution < -0.4 is 5.32 Å². The third-order valence-corrected chi connectivity index (χ3v) is 5.67. The Bertz CT molecular complexity index is 817. The highest BCUT2D eigenvalue weighted by atomic mass is 32.2. The fraction of sp³-hybridized carbons (Fsp3) is 0.500. The lowest BCUT2D eigenvalue weighted by Crippen LogP contribution is -2.42. The Morgan fingerprint density at radius 3 is 2.86 bits per heavy atom. The molecule has 2 heterocycles. The Morgan fingerprint density at radius 2 is 2.14 bits per heavy atom. The van der Waals surface area contributed by atoms with Crippen molar-refractivity contribution in [3.63, 3.8) is 0 Å². The Balaban J connectivity index is 1.57. The predicted octanol–water partition coefficient (Wildman–Crippen LogP) is 3.66. The Kier molecular flexibility index (Phi) is 7.08. The van der Waals surface area contributed by atoms with Crippen LogP contribution in [0.25, 0.3) is 0 Å². The molecule has 1 amide bonds. The molecule has 0 unspecified atom stereocenters. The molecule has 1 atom stereocenters. The predicted molar refractivity (Wildman–Crippen MR) is 105 cm³/mol. The van der Waals surface area contributed by atoms with Gasteiger partial charge in [0.1, 0.15) is 10.8 Å². The van der Waals surface area contributed by atoms with Crippen LogP contribution in [0.3, 0.4) is 0 Å². The average molecular weight is 404 g/mol. The summed E-state index contributed by atoms with van der Waals surface area (Å²) in [6.07, 6.45) is 6.19. The van der Waals surface area contributed by atoms with Crippen LogP contribution in [0.4, 0.5) is 0 Å². The molecule has 8 heteroatoms. The maximum atomic E-state index is 12.6. The van der Waals surface area contributed by atoms with Gasteiger partial charge in [-0.3, -0.25) is 4.79 Å². The molecule has 28 heavy (non-hydrogen) atoms. The zero-order chi connectivity index (χ0) is 19.9. The second kappa shape index (κ2) is 9.73. The van der Waals surface area contributed by atoms with Crippen molar-refractivity contribution in [3.8, 4) is 0 Å². The first-order valence-electron chi connectivity index (χ1n) is 9.54. The van der Waals surface area contributed by atoms with Gasteiger partial charge in [0, 0.05) is 24.1 Å². The van der Waals surface area contributed by atoms with E-state index in [1.807, 2.05) is 13.0 Å². The molecule has 1 N–H and O–H groups in total. The quantitative estimate of drug-likeness (QED) is 0.557. The number of amides is 1. The maximum absolute atomic E-state index is 12.6. The van der Waals surface area contributed by atoms with E-state index in [9.17, 15) is 9.59 Å². The highest BCUT2D eigenvalue weighted by Crippen LogP contribution is 2.25. The van der Waals surface area contributed by atoms with Crippen molar-refractivity contribution < 1.29 is 18.8 Å². The number of pyridine rings is 1. The number of ether oxygens (including phenoxy) is 1. The first-order chi connectivity index (χ1) is 13.5. The molecule has 1 fully saturated rings. The van der Waals surface area contributed by atoms with Gasteiger partial charge in [-0.05, 0) is 38.8 Å². The van der Waals surface area contributed by atoms with Crippen LogP contribution >= 0.6 is 11.8 Å². The number of carbonyl (C=O) groups is 2. The van der Waals surface area contributed by atoms with Crippen LogP contribution in [0.15, 0.2) is 33.9 Å². The Morgan fingerprint density at radius 1 is 1.36 bits per heavy atom. The van der Waals surface area contributed by atoms with Crippen molar-refractivity contribution >= 4 is 23.6 Å². The van der Waals surface area contributed by atoms with Gasteiger partial charge in [-0.25, -0.2) is 9.78 Å². The van der Waals surface area contributed by atoms with E-state index in [2.05, 4.69) is 15.5 Å². The van der Waals surface area contributed by atoms with Gasteiger partial charge in [-0.15, -0.1) is 0 Å². The van der Waals surface area contributed by atoms with Crippen LogP contribution in [0.5, 0.6) is 0 Å². The number of hydrogen-bond donors (Lipinski definition) is 1. The van der Waals surface area contributed by atoms with Crippen LogP contribution in [0.2, 0.25) is 0 Å². The maximum Gasteiger partial charge on any atom is 0.341 e. The van der Waals surface area contributed by atoms with E-state index in [4.69, 9.17) is 9.26 Å². The van der Waals surface area contributed by atoms with E-state index in [-0.39, 0.29) is 11.9 Å². The molecular formula is C20H25N3O4S. The molecule has 1 aliphatic carbocycles. The number of hydrogen-bond acceptors (Lipinski definition) is 7. The van der Waals surface area contributed by atoms with Gasteiger partial charge in [-0.1, -0.05) is 36.2 Å². The molecule has 0 bridgehead atoms. The van der Waals surface area contributed by atoms with Crippen LogP contribution in [0, 0.1) is 6.92 Å². The summed E-state index contributed by atoms with van der Waals surface area (Å²) in [5, 5.41) is 7.46. The van der Waals surface area contributed by atoms with Crippen molar-refractivity contribution in [1.29, 1.82) is 0 Å². The normalized spacial score (nSPS) is 15.8. The Hall–Kier alpha value is -2.35. The van der Waals surface area contributed by atoms with Crippen molar-refractivity contribution in [2.75, 3.05) is 0 Å². The van der Waals surface area contributed by atoms with Gasteiger partial charge in [0.2, 0.25) is 0 Å². The number of nitrogens with zero attached hydrogens (tertiary/aromatic N) is 2. The molecule has 3 rings (SSSR count). The lowest BCUT2D eigenvalue weighted by molar-refractivity contribution is -0.130. The molecule has 7 nitrogen and oxygen atoms in total. The van der Waals surface area contributed by atoms with Crippen molar-refractivity contribution in [1.82, 2.24) is 15.5 Å². The fourth-order valence-corrected chi connectivity index (χ4v) is 4.00. The lowest BCUT2D eigenvalue weighted by atomic mass is 9.95. The van der Waals surface area contributed by atoms with Gasteiger partial charge in [0.25, 0.3) is 5.91 Å². The topological polar surface area (TPSA) is 94.3 Å². The van der Waals surface area contributed by atoms with Crippen molar-refractivity contribution in [2.24, 2.45) is 0 Å². The molecule has 0 spiro atoms. The SMILES string of the molecule is Cc1cc(CSc2ncccc2C(=O)O[C@H](C)C(=O)NC2CCCCC2)no1. The van der Waals surface area contributed by atoms with E-state index in [0.29, 0.717) is 16.3 Å². The summed E-state index contributed by atoms with van der Waals surface area (Å²) in [7, 11) is 0. The van der Waals surface area contributed by atoms with Crippen LogP contribution in [-0.4, -0.2) is 34.2 Å². The smallest absolute Gasteiger partial charge is 0.341 e. The van der Waals surface area contributed by atoms with E-state index in [1.54, 1.807) is 25.3 Å². The van der Waals surface area contributed by atoms with E-state index in [0.717, 1.165) is 37.1 Å². The van der Waals surface area contributed by atoms with Crippen molar-refractivity contribution in [2.45, 2.75) is 68.9 Å². The number of nitrogens with one attached hydrogen (secondary N) is 1. The van der Waals surface area contributed by atoms with Crippen molar-refractivity contribution in [3.05, 3.63) is 41.4 Å². The second-order valence-electron chi connectivity index (χ2n) is 6.96. The summed E-state index contributed by atoms with van der Waals surface area (Å²) in [6, 6.07) is 5.34. The molecule has 0 aromatic carbocycles. The summed E-state index contributed by atoms with van der Waals surface area (Å²) in [5.41, 5.74) is 1.11. The number of thioether (sulfide) groups is 1. The first kappa shape index (κ1) is 20.4. The second-order valence-corrected chi connectivity index (χ2v) is 7.93. The highest BCUT2D eigenvalue weighted by Gasteiger charge is 2.24. The monoisotopic (exact) mass is 403 g/mol. The molecule has 150 valence electrons. The molecule has 1 aliphatic rings. The summed E-state index contributed by atoms with van der Waals surface area (Å²) in [4.78, 5) is 29.2. The summed E-state index contributed by atoms with van der Waals surface area (Å²) in [5.74, 6) is 0.440. The number of rotatable bonds is 7. The molecule has 1 saturated carbocycles. The fourth-order valence-electron chi connectivity index (χ4n) is 3.13. The van der Waals surface area contributed by atoms with Gasteiger partial charge < -0.3 is 14.6 Å². The van der Waals surface area contributed by atoms with Crippen LogP contribution in [0.1, 0.15) is 60.8 Å². The minimum Gasteiger partial charge on any atom is -0.449 e. The van der Waals surface area contributed by atoms with Gasteiger partial charge >= 0.3 is 5.97 Å². The van der Waals surface area contributed by atoms with Gasteiger partial charge in [0.15, 0.2) is 6.10 Å². The number of aromatic nitrogens is 2. The summed E-state index contributed by atoms with van der Waals surface area (Å²) < 4.78 is 10.5. The van der Waals surface area contributed by atoms with E-state index >= 15 is 0 Å². The summed E-state index contributed by atoms with van der Waals surface area (Å²) >= 11 is 1.37. The van der Waals surface area contributed by atoms with Gasteiger partial charge in [0.05, 0.1) is 11.3 Å². The lowest BCUT2D eigenvalue weighted by Gasteiger charge is -2.24. The number of carbonyl (C=O) groups excluding carboxylic acids is 2. The minimum absolute atomic E-state index is 0.179. The third kappa shape index (κ3) is 5.58. The number of aryl methyl sites for hydroxylation is 1. The van der Waals surface area contributed by atoms with E-state index < -0.39 is 12.1 Å². The first-order valence-corrected chi connectivity index (χ1v) is 10.5. The van der Waals surface area contributed by atoms with Crippen LogP contribution in [-0.2, 0) is 15.3 Å². The molecule has 2 aromatic rings. The zero-order valence-corrected chi connectivity index (χ0v) is 17.0. The molecule has 2 aromatic heterocycles. The standard InChI is InChI=1S/C20H25N3O4S/c1-13-11-16(23-27-13)12-28-19-17(9-6-10-21-19)20(25)26-14(2)18(24)22-15-7-4-3-5-8-15/h6,9-11,14-15H,3-5,7-8,12H2,1-2H3,(H,22,24)/t14-/m1/s1.